The second-order valence-electron chi connectivity index (χ2n) is 9.67. The number of rotatable bonds is 7. The molecule has 170 valence electrons. The first-order chi connectivity index (χ1) is 15.6. The molecule has 2 heterocycles. The molecule has 1 atom stereocenters. The third-order valence-electron chi connectivity index (χ3n) is 7.50. The van der Waals surface area contributed by atoms with Crippen LogP contribution in [0.1, 0.15) is 93.7 Å². The molecule has 2 fully saturated rings. The van der Waals surface area contributed by atoms with Gasteiger partial charge in [0.25, 0.3) is 5.56 Å². The Morgan fingerprint density at radius 2 is 1.88 bits per heavy atom. The lowest BCUT2D eigenvalue weighted by Gasteiger charge is -2.35. The van der Waals surface area contributed by atoms with Crippen LogP contribution in [0.4, 0.5) is 0 Å². The van der Waals surface area contributed by atoms with E-state index < -0.39 is 0 Å². The van der Waals surface area contributed by atoms with Crippen molar-refractivity contribution >= 4 is 10.9 Å². The Hall–Kier alpha value is -2.54. The Morgan fingerprint density at radius 3 is 2.62 bits per heavy atom. The van der Waals surface area contributed by atoms with Crippen molar-refractivity contribution in [1.82, 2.24) is 30.1 Å². The monoisotopic (exact) mass is 434 g/mol. The lowest BCUT2D eigenvalue weighted by molar-refractivity contribution is 0.110. The molecule has 7 nitrogen and oxygen atoms in total. The predicted molar refractivity (Wildman–Crippen MR) is 125 cm³/mol. The van der Waals surface area contributed by atoms with Crippen molar-refractivity contribution in [3.8, 4) is 0 Å². The van der Waals surface area contributed by atoms with Crippen molar-refractivity contribution < 1.29 is 0 Å². The molecule has 7 heteroatoms. The minimum atomic E-state index is 0.0105. The number of benzene rings is 1. The van der Waals surface area contributed by atoms with Crippen molar-refractivity contribution in [3.05, 3.63) is 51.6 Å². The van der Waals surface area contributed by atoms with Gasteiger partial charge >= 0.3 is 0 Å². The summed E-state index contributed by atoms with van der Waals surface area (Å²) in [5, 5.41) is 14.1. The van der Waals surface area contributed by atoms with Crippen LogP contribution < -0.4 is 5.56 Å². The lowest BCUT2D eigenvalue weighted by atomic mass is 10.0. The molecule has 0 unspecified atom stereocenters. The van der Waals surface area contributed by atoms with Gasteiger partial charge in [0.2, 0.25) is 0 Å². The first kappa shape index (κ1) is 21.3. The molecule has 2 aliphatic rings. The van der Waals surface area contributed by atoms with Gasteiger partial charge in [0.05, 0.1) is 12.1 Å². The molecular weight excluding hydrogens is 400 g/mol. The second-order valence-corrected chi connectivity index (χ2v) is 9.67. The van der Waals surface area contributed by atoms with E-state index in [0.717, 1.165) is 47.1 Å². The van der Waals surface area contributed by atoms with Crippen molar-refractivity contribution in [1.29, 1.82) is 0 Å². The van der Waals surface area contributed by atoms with Crippen LogP contribution in [0.5, 0.6) is 0 Å². The first-order valence-corrected chi connectivity index (χ1v) is 12.3. The summed E-state index contributed by atoms with van der Waals surface area (Å²) in [6, 6.07) is 9.30. The highest BCUT2D eigenvalue weighted by Gasteiger charge is 2.34. The fraction of sp³-hybridized carbons (Fsp3) is 0.600. The molecule has 0 amide bonds. The van der Waals surface area contributed by atoms with Gasteiger partial charge in [-0.15, -0.1) is 5.10 Å². The Kier molecular flexibility index (Phi) is 6.09. The minimum absolute atomic E-state index is 0.0105. The average molecular weight is 435 g/mol. The molecule has 2 aliphatic carbocycles. The number of pyridine rings is 1. The van der Waals surface area contributed by atoms with Crippen LogP contribution in [0.3, 0.4) is 0 Å². The zero-order valence-electron chi connectivity index (χ0n) is 19.3. The SMILES string of the molecule is CC[C@H](c1nnnn1C1CCCC1)N(Cc1cc2ccc(C)cc2[nH]c1=O)C1CCCC1. The first-order valence-electron chi connectivity index (χ1n) is 12.3. The van der Waals surface area contributed by atoms with Crippen molar-refractivity contribution in [2.45, 2.75) is 96.3 Å². The van der Waals surface area contributed by atoms with Gasteiger partial charge in [-0.3, -0.25) is 9.69 Å². The number of fused-ring (bicyclic) bond motifs is 1. The van der Waals surface area contributed by atoms with Crippen LogP contribution in [0.2, 0.25) is 0 Å². The van der Waals surface area contributed by atoms with Crippen LogP contribution in [0.25, 0.3) is 10.9 Å². The van der Waals surface area contributed by atoms with Crippen LogP contribution >= 0.6 is 0 Å². The predicted octanol–water partition coefficient (Wildman–Crippen LogP) is 4.83. The molecule has 2 aromatic heterocycles. The number of aromatic amines is 1. The number of tetrazole rings is 1. The second kappa shape index (κ2) is 9.14. The largest absolute Gasteiger partial charge is 0.322 e. The maximum absolute atomic E-state index is 13.0. The van der Waals surface area contributed by atoms with E-state index in [4.69, 9.17) is 0 Å². The van der Waals surface area contributed by atoms with Gasteiger partial charge in [0.1, 0.15) is 0 Å². The molecule has 1 N–H and O–H groups in total. The zero-order chi connectivity index (χ0) is 22.1. The van der Waals surface area contributed by atoms with Gasteiger partial charge in [0, 0.05) is 23.7 Å². The van der Waals surface area contributed by atoms with Crippen LogP contribution in [0.15, 0.2) is 29.1 Å². The van der Waals surface area contributed by atoms with E-state index in [-0.39, 0.29) is 11.6 Å². The number of aromatic nitrogens is 5. The van der Waals surface area contributed by atoms with E-state index in [1.54, 1.807) is 0 Å². The molecule has 0 bridgehead atoms. The topological polar surface area (TPSA) is 79.7 Å². The summed E-state index contributed by atoms with van der Waals surface area (Å²) in [4.78, 5) is 18.7. The average Bonchev–Trinajstić information content (AvgIpc) is 3.55. The minimum Gasteiger partial charge on any atom is -0.322 e. The van der Waals surface area contributed by atoms with E-state index in [1.165, 1.54) is 38.5 Å². The summed E-state index contributed by atoms with van der Waals surface area (Å²) < 4.78 is 2.09. The van der Waals surface area contributed by atoms with Crippen LogP contribution in [0, 0.1) is 6.92 Å². The van der Waals surface area contributed by atoms with E-state index in [1.807, 2.05) is 13.0 Å². The summed E-state index contributed by atoms with van der Waals surface area (Å²) >= 11 is 0. The smallest absolute Gasteiger partial charge is 0.252 e. The van der Waals surface area contributed by atoms with Gasteiger partial charge in [-0.25, -0.2) is 4.68 Å². The number of hydrogen-bond donors (Lipinski definition) is 1. The quantitative estimate of drug-likeness (QED) is 0.576. The van der Waals surface area contributed by atoms with Crippen molar-refractivity contribution in [3.63, 3.8) is 0 Å². The highest BCUT2D eigenvalue weighted by Crippen LogP contribution is 2.36. The summed E-state index contributed by atoms with van der Waals surface area (Å²) in [6.45, 7) is 4.89. The maximum atomic E-state index is 13.0. The van der Waals surface area contributed by atoms with E-state index in [0.29, 0.717) is 18.6 Å². The Balaban J connectivity index is 1.51. The lowest BCUT2D eigenvalue weighted by Crippen LogP contribution is -2.39. The highest BCUT2D eigenvalue weighted by molar-refractivity contribution is 5.79. The Bertz CT molecular complexity index is 1120. The molecule has 3 aromatic rings. The zero-order valence-corrected chi connectivity index (χ0v) is 19.3. The third kappa shape index (κ3) is 4.10. The van der Waals surface area contributed by atoms with Crippen molar-refractivity contribution in [2.75, 3.05) is 0 Å². The van der Waals surface area contributed by atoms with Gasteiger partial charge in [-0.1, -0.05) is 44.7 Å². The van der Waals surface area contributed by atoms with Gasteiger partial charge < -0.3 is 4.98 Å². The maximum Gasteiger partial charge on any atom is 0.252 e. The summed E-state index contributed by atoms with van der Waals surface area (Å²) in [5.41, 5.74) is 2.89. The standard InChI is InChI=1S/C25H34N6O/c1-3-23(24-27-28-29-31(24)21-10-6-7-11-21)30(20-8-4-5-9-20)16-19-15-18-13-12-17(2)14-22(18)26-25(19)32/h12-15,20-21,23H,3-11,16H2,1-2H3,(H,26,32)/t23-/m1/s1. The van der Waals surface area contributed by atoms with Gasteiger partial charge in [-0.2, -0.15) is 0 Å². The van der Waals surface area contributed by atoms with E-state index in [2.05, 4.69) is 55.2 Å². The molecule has 2 saturated carbocycles. The fourth-order valence-electron chi connectivity index (χ4n) is 5.80. The molecule has 0 aliphatic heterocycles. The Labute approximate surface area is 189 Å². The number of nitrogens with zero attached hydrogens (tertiary/aromatic N) is 5. The fourth-order valence-corrected chi connectivity index (χ4v) is 5.80. The normalized spacial score (nSPS) is 18.8. The number of hydrogen-bond acceptors (Lipinski definition) is 5. The Morgan fingerprint density at radius 1 is 1.12 bits per heavy atom. The molecular formula is C25H34N6O. The van der Waals surface area contributed by atoms with Crippen LogP contribution in [-0.4, -0.2) is 36.1 Å². The number of aryl methyl sites for hydroxylation is 1. The van der Waals surface area contributed by atoms with E-state index in [9.17, 15) is 4.79 Å². The number of H-pyrrole nitrogens is 1. The molecule has 32 heavy (non-hydrogen) atoms. The van der Waals surface area contributed by atoms with Crippen molar-refractivity contribution in [2.24, 2.45) is 0 Å². The van der Waals surface area contributed by atoms with Gasteiger partial charge in [0.15, 0.2) is 5.82 Å². The van der Waals surface area contributed by atoms with Crippen LogP contribution in [-0.2, 0) is 6.54 Å². The third-order valence-corrected chi connectivity index (χ3v) is 7.50. The molecule has 1 aromatic carbocycles. The van der Waals surface area contributed by atoms with Gasteiger partial charge in [-0.05, 0) is 72.5 Å². The van der Waals surface area contributed by atoms with E-state index >= 15 is 0 Å². The highest BCUT2D eigenvalue weighted by atomic mass is 16.1. The molecule has 0 radical (unpaired) electrons. The summed E-state index contributed by atoms with van der Waals surface area (Å²) in [7, 11) is 0. The number of nitrogens with one attached hydrogen (secondary N) is 1. The summed E-state index contributed by atoms with van der Waals surface area (Å²) in [6.07, 6.45) is 10.6. The molecule has 0 spiro atoms. The molecule has 0 saturated heterocycles. The summed E-state index contributed by atoms with van der Waals surface area (Å²) in [5.74, 6) is 0.971. The molecule has 5 rings (SSSR count).